The molecule has 1 aliphatic rings. The van der Waals surface area contributed by atoms with Crippen LogP contribution < -0.4 is 0 Å². The molecule has 154 valence electrons. The maximum atomic E-state index is 6.34. The standard InChI is InChI=1S/C30H21BrO/c31-28-14-6-13-27-26-12-5-11-25(29(26)32-30(27)28)24-10-4-9-23(19-24)22-17-15-21(16-18-22)20-7-2-1-3-8-20/h2,4-19H,1,3H2. The van der Waals surface area contributed by atoms with Crippen molar-refractivity contribution in [3.05, 3.63) is 113 Å². The molecule has 6 rings (SSSR count). The van der Waals surface area contributed by atoms with Crippen LogP contribution in [0, 0.1) is 0 Å². The first-order chi connectivity index (χ1) is 15.8. The largest absolute Gasteiger partial charge is 0.454 e. The van der Waals surface area contributed by atoms with Crippen LogP contribution in [-0.4, -0.2) is 0 Å². The predicted molar refractivity (Wildman–Crippen MR) is 139 cm³/mol. The lowest BCUT2D eigenvalue weighted by molar-refractivity contribution is 0.668. The van der Waals surface area contributed by atoms with Crippen molar-refractivity contribution in [2.75, 3.05) is 0 Å². The van der Waals surface area contributed by atoms with Gasteiger partial charge < -0.3 is 4.42 Å². The highest BCUT2D eigenvalue weighted by Gasteiger charge is 2.14. The van der Waals surface area contributed by atoms with Gasteiger partial charge in [0.1, 0.15) is 11.2 Å². The molecular weight excluding hydrogens is 456 g/mol. The summed E-state index contributed by atoms with van der Waals surface area (Å²) in [6.07, 6.45) is 9.07. The molecule has 0 fully saturated rings. The molecule has 0 saturated heterocycles. The van der Waals surface area contributed by atoms with Gasteiger partial charge in [0.05, 0.1) is 4.47 Å². The van der Waals surface area contributed by atoms with Gasteiger partial charge >= 0.3 is 0 Å². The van der Waals surface area contributed by atoms with Crippen molar-refractivity contribution in [1.82, 2.24) is 0 Å². The van der Waals surface area contributed by atoms with Gasteiger partial charge in [-0.3, -0.25) is 0 Å². The zero-order valence-corrected chi connectivity index (χ0v) is 19.1. The van der Waals surface area contributed by atoms with Crippen LogP contribution in [0.15, 0.2) is 112 Å². The van der Waals surface area contributed by atoms with Crippen molar-refractivity contribution >= 4 is 43.4 Å². The third-order valence-corrected chi connectivity index (χ3v) is 6.82. The van der Waals surface area contributed by atoms with Crippen LogP contribution in [0.2, 0.25) is 0 Å². The van der Waals surface area contributed by atoms with Crippen molar-refractivity contribution in [2.45, 2.75) is 12.8 Å². The number of rotatable bonds is 3. The van der Waals surface area contributed by atoms with Gasteiger partial charge in [-0.1, -0.05) is 91.0 Å². The lowest BCUT2D eigenvalue weighted by Crippen LogP contribution is -1.87. The molecule has 1 nitrogen and oxygen atoms in total. The van der Waals surface area contributed by atoms with Gasteiger partial charge in [0.15, 0.2) is 0 Å². The first kappa shape index (κ1) is 19.3. The van der Waals surface area contributed by atoms with Crippen molar-refractivity contribution < 1.29 is 4.42 Å². The van der Waals surface area contributed by atoms with Crippen molar-refractivity contribution in [1.29, 1.82) is 0 Å². The molecule has 1 aliphatic carbocycles. The van der Waals surface area contributed by atoms with E-state index in [1.54, 1.807) is 0 Å². The Labute approximate surface area is 195 Å². The number of hydrogen-bond acceptors (Lipinski definition) is 1. The molecule has 0 N–H and O–H groups in total. The Balaban J connectivity index is 1.42. The highest BCUT2D eigenvalue weighted by molar-refractivity contribution is 9.10. The summed E-state index contributed by atoms with van der Waals surface area (Å²) in [5.41, 5.74) is 9.11. The van der Waals surface area contributed by atoms with E-state index < -0.39 is 0 Å². The summed E-state index contributed by atoms with van der Waals surface area (Å²) in [5.74, 6) is 0. The number of hydrogen-bond donors (Lipinski definition) is 0. The smallest absolute Gasteiger partial charge is 0.149 e. The summed E-state index contributed by atoms with van der Waals surface area (Å²) in [4.78, 5) is 0. The average molecular weight is 477 g/mol. The molecule has 0 atom stereocenters. The second-order valence-electron chi connectivity index (χ2n) is 8.20. The minimum absolute atomic E-state index is 0.896. The third kappa shape index (κ3) is 3.32. The lowest BCUT2D eigenvalue weighted by atomic mass is 9.95. The minimum Gasteiger partial charge on any atom is -0.454 e. The number of benzene rings is 4. The van der Waals surface area contributed by atoms with Crippen molar-refractivity contribution in [2.24, 2.45) is 0 Å². The van der Waals surface area contributed by atoms with Crippen LogP contribution >= 0.6 is 15.9 Å². The zero-order chi connectivity index (χ0) is 21.5. The van der Waals surface area contributed by atoms with Crippen LogP contribution in [-0.2, 0) is 0 Å². The van der Waals surface area contributed by atoms with Crippen LogP contribution in [0.1, 0.15) is 18.4 Å². The van der Waals surface area contributed by atoms with Gasteiger partial charge in [0, 0.05) is 16.3 Å². The molecular formula is C30H21BrO. The summed E-state index contributed by atoms with van der Waals surface area (Å²) >= 11 is 3.63. The summed E-state index contributed by atoms with van der Waals surface area (Å²) in [7, 11) is 0. The fraction of sp³-hybridized carbons (Fsp3) is 0.0667. The number of para-hydroxylation sites is 2. The summed E-state index contributed by atoms with van der Waals surface area (Å²) < 4.78 is 7.32. The molecule has 0 bridgehead atoms. The SMILES string of the molecule is Brc1cccc2c1oc1c(-c3cccc(-c4ccc(C5=CCCC=C5)cc4)c3)cccc12. The summed E-state index contributed by atoms with van der Waals surface area (Å²) in [5, 5.41) is 2.27. The molecule has 0 unspecified atom stereocenters. The van der Waals surface area contributed by atoms with Gasteiger partial charge in [-0.2, -0.15) is 0 Å². The monoisotopic (exact) mass is 476 g/mol. The molecule has 1 aromatic heterocycles. The topological polar surface area (TPSA) is 13.1 Å². The molecule has 0 radical (unpaired) electrons. The Hall–Kier alpha value is -3.36. The van der Waals surface area contributed by atoms with Crippen molar-refractivity contribution in [3.8, 4) is 22.3 Å². The normalized spacial score (nSPS) is 13.6. The second-order valence-corrected chi connectivity index (χ2v) is 9.05. The van der Waals surface area contributed by atoms with Gasteiger partial charge in [0.2, 0.25) is 0 Å². The fourth-order valence-corrected chi connectivity index (χ4v) is 5.01. The van der Waals surface area contributed by atoms with Crippen LogP contribution in [0.4, 0.5) is 0 Å². The predicted octanol–water partition coefficient (Wildman–Crippen LogP) is 9.42. The van der Waals surface area contributed by atoms with Gasteiger partial charge in [-0.05, 0) is 68.7 Å². The first-order valence-electron chi connectivity index (χ1n) is 11.0. The van der Waals surface area contributed by atoms with E-state index in [0.29, 0.717) is 0 Å². The van der Waals surface area contributed by atoms with E-state index >= 15 is 0 Å². The van der Waals surface area contributed by atoms with E-state index in [1.165, 1.54) is 22.3 Å². The fourth-order valence-electron chi connectivity index (χ4n) is 4.56. The number of allylic oxidation sites excluding steroid dienone is 4. The van der Waals surface area contributed by atoms with Gasteiger partial charge in [0.25, 0.3) is 0 Å². The molecule has 0 aliphatic heterocycles. The molecule has 32 heavy (non-hydrogen) atoms. The van der Waals surface area contributed by atoms with E-state index in [9.17, 15) is 0 Å². The van der Waals surface area contributed by atoms with Gasteiger partial charge in [-0.15, -0.1) is 0 Å². The van der Waals surface area contributed by atoms with E-state index in [4.69, 9.17) is 4.42 Å². The van der Waals surface area contributed by atoms with Crippen LogP contribution in [0.5, 0.6) is 0 Å². The minimum atomic E-state index is 0.896. The number of furan rings is 1. The Bertz CT molecular complexity index is 1520. The average Bonchev–Trinajstić information content (AvgIpc) is 3.25. The molecule has 5 aromatic rings. The van der Waals surface area contributed by atoms with Gasteiger partial charge in [-0.25, -0.2) is 0 Å². The Morgan fingerprint density at radius 2 is 1.34 bits per heavy atom. The maximum absolute atomic E-state index is 6.34. The zero-order valence-electron chi connectivity index (χ0n) is 17.5. The molecule has 4 aromatic carbocycles. The molecule has 0 amide bonds. The van der Waals surface area contributed by atoms with Crippen molar-refractivity contribution in [3.63, 3.8) is 0 Å². The highest BCUT2D eigenvalue weighted by atomic mass is 79.9. The Kier molecular flexibility index (Phi) is 4.81. The molecule has 2 heteroatoms. The Morgan fingerprint density at radius 1 is 0.625 bits per heavy atom. The highest BCUT2D eigenvalue weighted by Crippen LogP contribution is 2.39. The summed E-state index contributed by atoms with van der Waals surface area (Å²) in [6.45, 7) is 0. The van der Waals surface area contributed by atoms with Crippen LogP contribution in [0.3, 0.4) is 0 Å². The third-order valence-electron chi connectivity index (χ3n) is 6.20. The number of halogens is 1. The Morgan fingerprint density at radius 3 is 2.16 bits per heavy atom. The first-order valence-corrected chi connectivity index (χ1v) is 11.7. The van der Waals surface area contributed by atoms with E-state index in [0.717, 1.165) is 50.4 Å². The molecule has 1 heterocycles. The second kappa shape index (κ2) is 7.96. The van der Waals surface area contributed by atoms with Crippen LogP contribution in [0.25, 0.3) is 49.8 Å². The lowest BCUT2D eigenvalue weighted by Gasteiger charge is -2.10. The summed E-state index contributed by atoms with van der Waals surface area (Å²) in [6, 6.07) is 30.2. The van der Waals surface area contributed by atoms with E-state index in [-0.39, 0.29) is 0 Å². The molecule has 0 spiro atoms. The quantitative estimate of drug-likeness (QED) is 0.252. The number of fused-ring (bicyclic) bond motifs is 3. The van der Waals surface area contributed by atoms with E-state index in [2.05, 4.69) is 113 Å². The van der Waals surface area contributed by atoms with E-state index in [1.807, 2.05) is 6.07 Å². The maximum Gasteiger partial charge on any atom is 0.149 e. The molecule has 0 saturated carbocycles.